The molecule has 0 unspecified atom stereocenters. The van der Waals surface area contributed by atoms with E-state index in [4.69, 9.17) is 5.73 Å². The molecule has 0 heterocycles. The van der Waals surface area contributed by atoms with Crippen LogP contribution in [0.25, 0.3) is 0 Å². The Kier molecular flexibility index (Phi) is 2.43. The van der Waals surface area contributed by atoms with E-state index in [0.29, 0.717) is 0 Å². The van der Waals surface area contributed by atoms with Crippen molar-refractivity contribution in [3.8, 4) is 0 Å². The van der Waals surface area contributed by atoms with E-state index >= 15 is 0 Å². The summed E-state index contributed by atoms with van der Waals surface area (Å²) in [6.45, 7) is 1.67. The number of ketones is 1. The number of carbonyl (C=O) groups excluding carboxylic acids is 1. The van der Waals surface area contributed by atoms with Crippen LogP contribution in [0.1, 0.15) is 23.7 Å². The van der Waals surface area contributed by atoms with Crippen molar-refractivity contribution in [3.05, 3.63) is 29.6 Å². The molecule has 0 aliphatic carbocycles. The first-order valence-corrected chi connectivity index (χ1v) is 3.74. The molecule has 2 N–H and O–H groups in total. The van der Waals surface area contributed by atoms with Crippen molar-refractivity contribution in [1.82, 2.24) is 0 Å². The summed E-state index contributed by atoms with van der Waals surface area (Å²) >= 11 is 0. The van der Waals surface area contributed by atoms with Gasteiger partial charge in [-0.3, -0.25) is 4.79 Å². The highest BCUT2D eigenvalue weighted by molar-refractivity contribution is 6.00. The summed E-state index contributed by atoms with van der Waals surface area (Å²) < 4.78 is 13.0. The zero-order valence-electron chi connectivity index (χ0n) is 6.80. The monoisotopic (exact) mass is 167 g/mol. The van der Waals surface area contributed by atoms with Crippen LogP contribution in [0, 0.1) is 5.82 Å². The lowest BCUT2D eigenvalue weighted by Crippen LogP contribution is -2.05. The molecule has 0 bridgehead atoms. The van der Waals surface area contributed by atoms with Crippen LogP contribution < -0.4 is 5.73 Å². The van der Waals surface area contributed by atoms with Gasteiger partial charge >= 0.3 is 0 Å². The molecule has 64 valence electrons. The van der Waals surface area contributed by atoms with Gasteiger partial charge < -0.3 is 5.73 Å². The zero-order valence-corrected chi connectivity index (χ0v) is 6.80. The fourth-order valence-corrected chi connectivity index (χ4v) is 1.01. The van der Waals surface area contributed by atoms with Gasteiger partial charge in [0.15, 0.2) is 5.78 Å². The molecule has 1 aromatic rings. The third-order valence-electron chi connectivity index (χ3n) is 1.65. The Morgan fingerprint density at radius 3 is 2.75 bits per heavy atom. The number of carbonyl (C=O) groups is 1. The summed E-state index contributed by atoms with van der Waals surface area (Å²) in [6, 6.07) is 4.24. The summed E-state index contributed by atoms with van der Waals surface area (Å²) in [6.07, 6.45) is 0.269. The van der Waals surface area contributed by atoms with Gasteiger partial charge in [0.1, 0.15) is 5.82 Å². The summed E-state index contributed by atoms with van der Waals surface area (Å²) in [5, 5.41) is 0. The second kappa shape index (κ2) is 3.34. The molecule has 0 spiro atoms. The number of hydrogen-bond donors (Lipinski definition) is 1. The number of hydrogen-bond acceptors (Lipinski definition) is 2. The van der Waals surface area contributed by atoms with Crippen molar-refractivity contribution < 1.29 is 9.18 Å². The largest absolute Gasteiger partial charge is 0.398 e. The Bertz CT molecular complexity index is 289. The number of Topliss-reactive ketones (excluding diaryl/α,β-unsaturated/α-hetero) is 1. The third kappa shape index (κ3) is 1.44. The zero-order chi connectivity index (χ0) is 9.14. The first kappa shape index (κ1) is 8.71. The van der Waals surface area contributed by atoms with E-state index in [1.165, 1.54) is 18.2 Å². The average Bonchev–Trinajstić information content (AvgIpc) is 2.03. The van der Waals surface area contributed by atoms with Crippen molar-refractivity contribution in [3.63, 3.8) is 0 Å². The van der Waals surface area contributed by atoms with Gasteiger partial charge in [-0.15, -0.1) is 0 Å². The summed E-state index contributed by atoms with van der Waals surface area (Å²) in [4.78, 5) is 11.1. The Balaban J connectivity index is 3.21. The highest BCUT2D eigenvalue weighted by Gasteiger charge is 2.12. The van der Waals surface area contributed by atoms with Gasteiger partial charge in [0.25, 0.3) is 0 Å². The van der Waals surface area contributed by atoms with Crippen LogP contribution in [-0.4, -0.2) is 5.78 Å². The second-order valence-corrected chi connectivity index (χ2v) is 2.48. The fourth-order valence-electron chi connectivity index (χ4n) is 1.01. The third-order valence-corrected chi connectivity index (χ3v) is 1.65. The van der Waals surface area contributed by atoms with Crippen LogP contribution in [0.2, 0.25) is 0 Å². The van der Waals surface area contributed by atoms with Gasteiger partial charge in [-0.25, -0.2) is 4.39 Å². The normalized spacial score (nSPS) is 9.83. The maximum Gasteiger partial charge on any atom is 0.167 e. The highest BCUT2D eigenvalue weighted by Crippen LogP contribution is 2.16. The summed E-state index contributed by atoms with van der Waals surface area (Å²) in [5.74, 6) is -0.799. The number of nitrogens with two attached hydrogens (primary N) is 1. The van der Waals surface area contributed by atoms with E-state index in [9.17, 15) is 9.18 Å². The van der Waals surface area contributed by atoms with Crippen molar-refractivity contribution in [2.24, 2.45) is 0 Å². The van der Waals surface area contributed by atoms with Crippen molar-refractivity contribution in [2.45, 2.75) is 13.3 Å². The number of benzene rings is 1. The van der Waals surface area contributed by atoms with Crippen LogP contribution >= 0.6 is 0 Å². The molecule has 0 atom stereocenters. The Morgan fingerprint density at radius 2 is 2.25 bits per heavy atom. The molecule has 3 heteroatoms. The van der Waals surface area contributed by atoms with E-state index < -0.39 is 5.82 Å². The summed E-state index contributed by atoms with van der Waals surface area (Å²) in [7, 11) is 0. The molecule has 1 rings (SSSR count). The van der Waals surface area contributed by atoms with Crippen molar-refractivity contribution in [1.29, 1.82) is 0 Å². The molecule has 0 aliphatic heterocycles. The Hall–Kier alpha value is -1.38. The molecule has 0 amide bonds. The minimum Gasteiger partial charge on any atom is -0.398 e. The maximum absolute atomic E-state index is 13.0. The molecule has 0 saturated carbocycles. The minimum atomic E-state index is -0.540. The Morgan fingerprint density at radius 1 is 1.58 bits per heavy atom. The van der Waals surface area contributed by atoms with E-state index in [2.05, 4.69) is 0 Å². The van der Waals surface area contributed by atoms with Gasteiger partial charge in [-0.2, -0.15) is 0 Å². The lowest BCUT2D eigenvalue weighted by Gasteiger charge is -2.02. The number of halogens is 1. The Labute approximate surface area is 70.2 Å². The maximum atomic E-state index is 13.0. The molecule has 1 aromatic carbocycles. The van der Waals surface area contributed by atoms with Gasteiger partial charge in [0, 0.05) is 12.1 Å². The minimum absolute atomic E-state index is 0.0139. The van der Waals surface area contributed by atoms with Crippen LogP contribution in [-0.2, 0) is 0 Å². The fraction of sp³-hybridized carbons (Fsp3) is 0.222. The first-order valence-electron chi connectivity index (χ1n) is 3.74. The second-order valence-electron chi connectivity index (χ2n) is 2.48. The molecule has 0 fully saturated rings. The molecule has 0 aliphatic rings. The molecule has 0 radical (unpaired) electrons. The number of nitrogen functional groups attached to an aromatic ring is 1. The van der Waals surface area contributed by atoms with E-state index in [1.54, 1.807) is 6.92 Å². The predicted octanol–water partition coefficient (Wildman–Crippen LogP) is 2.00. The smallest absolute Gasteiger partial charge is 0.167 e. The van der Waals surface area contributed by atoms with E-state index in [1.807, 2.05) is 0 Å². The molecule has 12 heavy (non-hydrogen) atoms. The SMILES string of the molecule is CCC(=O)c1c(N)cccc1F. The predicted molar refractivity (Wildman–Crippen MR) is 45.4 cm³/mol. The molecule has 0 saturated heterocycles. The van der Waals surface area contributed by atoms with Crippen LogP contribution in [0.15, 0.2) is 18.2 Å². The molecule has 2 nitrogen and oxygen atoms in total. The standard InChI is InChI=1S/C9H10FNO/c1-2-8(12)9-6(10)4-3-5-7(9)11/h3-5H,2,11H2,1H3. The highest BCUT2D eigenvalue weighted by atomic mass is 19.1. The number of anilines is 1. The van der Waals surface area contributed by atoms with Crippen molar-refractivity contribution in [2.75, 3.05) is 5.73 Å². The van der Waals surface area contributed by atoms with Gasteiger partial charge in [0.05, 0.1) is 5.56 Å². The molecular formula is C9H10FNO. The quantitative estimate of drug-likeness (QED) is 0.540. The van der Waals surface area contributed by atoms with Crippen LogP contribution in [0.3, 0.4) is 0 Å². The van der Waals surface area contributed by atoms with Gasteiger partial charge in [-0.05, 0) is 12.1 Å². The first-order chi connectivity index (χ1) is 5.66. The van der Waals surface area contributed by atoms with E-state index in [-0.39, 0.29) is 23.5 Å². The molecule has 0 aromatic heterocycles. The van der Waals surface area contributed by atoms with Crippen molar-refractivity contribution >= 4 is 11.5 Å². The van der Waals surface area contributed by atoms with Crippen LogP contribution in [0.4, 0.5) is 10.1 Å². The topological polar surface area (TPSA) is 43.1 Å². The lowest BCUT2D eigenvalue weighted by atomic mass is 10.1. The van der Waals surface area contributed by atoms with Gasteiger partial charge in [-0.1, -0.05) is 13.0 Å². The lowest BCUT2D eigenvalue weighted by molar-refractivity contribution is 0.0985. The molecular weight excluding hydrogens is 157 g/mol. The van der Waals surface area contributed by atoms with Crippen LogP contribution in [0.5, 0.6) is 0 Å². The average molecular weight is 167 g/mol. The summed E-state index contributed by atoms with van der Waals surface area (Å²) in [5.41, 5.74) is 5.66. The van der Waals surface area contributed by atoms with Gasteiger partial charge in [0.2, 0.25) is 0 Å². The number of rotatable bonds is 2. The van der Waals surface area contributed by atoms with E-state index in [0.717, 1.165) is 0 Å².